The van der Waals surface area contributed by atoms with Crippen molar-refractivity contribution in [3.05, 3.63) is 34.2 Å². The molecule has 1 aliphatic rings. The maximum Gasteiger partial charge on any atom is 0.203 e. The summed E-state index contributed by atoms with van der Waals surface area (Å²) in [6.07, 6.45) is 2.16. The van der Waals surface area contributed by atoms with Gasteiger partial charge in [0.15, 0.2) is 0 Å². The zero-order chi connectivity index (χ0) is 11.1. The zero-order valence-corrected chi connectivity index (χ0v) is 9.04. The minimum Gasteiger partial charge on any atom is -0.303 e. The minimum absolute atomic E-state index is 0.0452. The second-order valence-electron chi connectivity index (χ2n) is 3.47. The van der Waals surface area contributed by atoms with Crippen LogP contribution < -0.4 is 0 Å². The summed E-state index contributed by atoms with van der Waals surface area (Å²) in [5.74, 6) is 0. The highest BCUT2D eigenvalue weighted by atomic mass is 32.2. The molecule has 2 rings (SSSR count). The van der Waals surface area contributed by atoms with Crippen LogP contribution in [0.25, 0.3) is 6.08 Å². The Kier molecular flexibility index (Phi) is 2.23. The molecule has 1 aliphatic heterocycles. The highest BCUT2D eigenvalue weighted by Crippen LogP contribution is 2.35. The highest BCUT2D eigenvalue weighted by molar-refractivity contribution is 7.95. The molecule has 0 aliphatic carbocycles. The average molecular weight is 222 g/mol. The summed E-state index contributed by atoms with van der Waals surface area (Å²) >= 11 is 0. The van der Waals surface area contributed by atoms with Crippen LogP contribution in [0, 0.1) is 6.92 Å². The SMILES string of the molecule is Cc1cccc2c1C=C(CC=O)S2(=O)=O. The third kappa shape index (κ3) is 1.41. The van der Waals surface area contributed by atoms with Crippen molar-refractivity contribution in [2.75, 3.05) is 0 Å². The molecule has 0 fully saturated rings. The minimum atomic E-state index is -3.40. The van der Waals surface area contributed by atoms with Gasteiger partial charge < -0.3 is 4.79 Å². The summed E-state index contributed by atoms with van der Waals surface area (Å²) < 4.78 is 23.8. The first-order valence-corrected chi connectivity index (χ1v) is 6.04. The quantitative estimate of drug-likeness (QED) is 0.716. The smallest absolute Gasteiger partial charge is 0.203 e. The van der Waals surface area contributed by atoms with Gasteiger partial charge in [0.05, 0.1) is 9.80 Å². The molecule has 3 nitrogen and oxygen atoms in total. The lowest BCUT2D eigenvalue weighted by Gasteiger charge is -2.01. The summed E-state index contributed by atoms with van der Waals surface area (Å²) in [5.41, 5.74) is 1.63. The van der Waals surface area contributed by atoms with Crippen molar-refractivity contribution < 1.29 is 13.2 Å². The molecule has 0 saturated carbocycles. The molecule has 15 heavy (non-hydrogen) atoms. The second kappa shape index (κ2) is 3.31. The lowest BCUT2D eigenvalue weighted by Crippen LogP contribution is -2.01. The van der Waals surface area contributed by atoms with E-state index in [0.29, 0.717) is 16.7 Å². The molecule has 4 heteroatoms. The number of rotatable bonds is 2. The molecule has 0 unspecified atom stereocenters. The Labute approximate surface area is 88.3 Å². The molecule has 0 amide bonds. The van der Waals surface area contributed by atoms with E-state index in [0.717, 1.165) is 5.56 Å². The van der Waals surface area contributed by atoms with Crippen molar-refractivity contribution in [3.63, 3.8) is 0 Å². The van der Waals surface area contributed by atoms with Gasteiger partial charge in [-0.1, -0.05) is 12.1 Å². The lowest BCUT2D eigenvalue weighted by atomic mass is 10.1. The lowest BCUT2D eigenvalue weighted by molar-refractivity contribution is -0.107. The molecule has 0 atom stereocenters. The maximum atomic E-state index is 11.9. The first kappa shape index (κ1) is 10.1. The van der Waals surface area contributed by atoms with Crippen molar-refractivity contribution in [1.29, 1.82) is 0 Å². The van der Waals surface area contributed by atoms with E-state index in [1.54, 1.807) is 18.2 Å². The number of aryl methyl sites for hydroxylation is 1. The number of hydrogen-bond acceptors (Lipinski definition) is 3. The van der Waals surface area contributed by atoms with Crippen LogP contribution in [0.15, 0.2) is 28.0 Å². The summed E-state index contributed by atoms with van der Waals surface area (Å²) in [7, 11) is -3.40. The second-order valence-corrected chi connectivity index (χ2v) is 5.44. The van der Waals surface area contributed by atoms with Gasteiger partial charge in [0, 0.05) is 6.42 Å². The van der Waals surface area contributed by atoms with Crippen molar-refractivity contribution in [1.82, 2.24) is 0 Å². The van der Waals surface area contributed by atoms with E-state index >= 15 is 0 Å². The van der Waals surface area contributed by atoms with Gasteiger partial charge in [-0.25, -0.2) is 8.42 Å². The molecule has 0 spiro atoms. The molecular formula is C11H10O3S. The number of benzene rings is 1. The Morgan fingerprint density at radius 2 is 2.07 bits per heavy atom. The molecule has 0 bridgehead atoms. The van der Waals surface area contributed by atoms with Crippen LogP contribution in [0.5, 0.6) is 0 Å². The number of hydrogen-bond donors (Lipinski definition) is 0. The Morgan fingerprint density at radius 3 is 2.67 bits per heavy atom. The van der Waals surface area contributed by atoms with Crippen molar-refractivity contribution in [3.8, 4) is 0 Å². The fourth-order valence-electron chi connectivity index (χ4n) is 1.70. The first-order valence-electron chi connectivity index (χ1n) is 4.56. The Balaban J connectivity index is 2.69. The van der Waals surface area contributed by atoms with E-state index < -0.39 is 9.84 Å². The van der Waals surface area contributed by atoms with E-state index in [-0.39, 0.29) is 11.3 Å². The molecule has 78 valence electrons. The van der Waals surface area contributed by atoms with Crippen molar-refractivity contribution >= 4 is 22.2 Å². The number of carbonyl (C=O) groups excluding carboxylic acids is 1. The molecule has 1 aromatic rings. The van der Waals surface area contributed by atoms with Gasteiger partial charge in [-0.2, -0.15) is 0 Å². The van der Waals surface area contributed by atoms with Gasteiger partial charge in [-0.3, -0.25) is 0 Å². The third-order valence-electron chi connectivity index (χ3n) is 2.51. The zero-order valence-electron chi connectivity index (χ0n) is 8.23. The highest BCUT2D eigenvalue weighted by Gasteiger charge is 2.29. The van der Waals surface area contributed by atoms with Crippen LogP contribution in [0.4, 0.5) is 0 Å². The summed E-state index contributed by atoms with van der Waals surface area (Å²) in [5, 5.41) is 0. The summed E-state index contributed by atoms with van der Waals surface area (Å²) in [4.78, 5) is 10.9. The molecule has 0 radical (unpaired) electrons. The van der Waals surface area contributed by atoms with Gasteiger partial charge in [-0.05, 0) is 30.2 Å². The number of aldehydes is 1. The monoisotopic (exact) mass is 222 g/mol. The normalized spacial score (nSPS) is 17.0. The fraction of sp³-hybridized carbons (Fsp3) is 0.182. The molecule has 1 aromatic carbocycles. The van der Waals surface area contributed by atoms with E-state index in [9.17, 15) is 13.2 Å². The molecule has 0 saturated heterocycles. The largest absolute Gasteiger partial charge is 0.303 e. The number of sulfone groups is 1. The van der Waals surface area contributed by atoms with Gasteiger partial charge >= 0.3 is 0 Å². The van der Waals surface area contributed by atoms with Crippen molar-refractivity contribution in [2.45, 2.75) is 18.2 Å². The molecule has 0 N–H and O–H groups in total. The predicted molar refractivity (Wildman–Crippen MR) is 57.0 cm³/mol. The van der Waals surface area contributed by atoms with Gasteiger partial charge in [0.2, 0.25) is 9.84 Å². The summed E-state index contributed by atoms with van der Waals surface area (Å²) in [6.45, 7) is 1.86. The number of fused-ring (bicyclic) bond motifs is 1. The number of allylic oxidation sites excluding steroid dienone is 1. The van der Waals surface area contributed by atoms with Crippen molar-refractivity contribution in [2.24, 2.45) is 0 Å². The standard InChI is InChI=1S/C11H10O3S/c1-8-3-2-4-11-10(8)7-9(5-6-12)15(11,13)14/h2-4,6-7H,5H2,1H3. The first-order chi connectivity index (χ1) is 7.07. The Bertz CT molecular complexity index is 553. The average Bonchev–Trinajstić information content (AvgIpc) is 2.43. The van der Waals surface area contributed by atoms with Crippen LogP contribution >= 0.6 is 0 Å². The van der Waals surface area contributed by atoms with E-state index in [4.69, 9.17) is 0 Å². The summed E-state index contributed by atoms with van der Waals surface area (Å²) in [6, 6.07) is 5.14. The molecule has 1 heterocycles. The van der Waals surface area contributed by atoms with Crippen LogP contribution in [0.1, 0.15) is 17.5 Å². The van der Waals surface area contributed by atoms with Crippen LogP contribution in [0.2, 0.25) is 0 Å². The van der Waals surface area contributed by atoms with Crippen LogP contribution in [-0.2, 0) is 14.6 Å². The predicted octanol–water partition coefficient (Wildman–Crippen LogP) is 1.71. The van der Waals surface area contributed by atoms with Crippen LogP contribution in [0.3, 0.4) is 0 Å². The molecular weight excluding hydrogens is 212 g/mol. The van der Waals surface area contributed by atoms with E-state index in [2.05, 4.69) is 0 Å². The van der Waals surface area contributed by atoms with E-state index in [1.807, 2.05) is 13.0 Å². The third-order valence-corrected chi connectivity index (χ3v) is 4.42. The van der Waals surface area contributed by atoms with E-state index in [1.165, 1.54) is 0 Å². The maximum absolute atomic E-state index is 11.9. The molecule has 0 aromatic heterocycles. The Hall–Kier alpha value is -1.42. The van der Waals surface area contributed by atoms with Gasteiger partial charge in [0.25, 0.3) is 0 Å². The fourth-order valence-corrected chi connectivity index (χ4v) is 3.31. The van der Waals surface area contributed by atoms with Crippen LogP contribution in [-0.4, -0.2) is 14.7 Å². The topological polar surface area (TPSA) is 51.2 Å². The van der Waals surface area contributed by atoms with Gasteiger partial charge in [0.1, 0.15) is 6.29 Å². The number of carbonyl (C=O) groups is 1. The van der Waals surface area contributed by atoms with Gasteiger partial charge in [-0.15, -0.1) is 0 Å². The Morgan fingerprint density at radius 1 is 1.33 bits per heavy atom.